The van der Waals surface area contributed by atoms with Crippen molar-refractivity contribution < 1.29 is 9.53 Å². The van der Waals surface area contributed by atoms with Crippen LogP contribution < -0.4 is 10.1 Å². The number of ether oxygens (including phenoxy) is 1. The Kier molecular flexibility index (Phi) is 3.75. The molecule has 6 heteroatoms. The predicted molar refractivity (Wildman–Crippen MR) is 79.5 cm³/mol. The first-order chi connectivity index (χ1) is 10.1. The Morgan fingerprint density at radius 1 is 1.43 bits per heavy atom. The van der Waals surface area contributed by atoms with Crippen LogP contribution in [0.25, 0.3) is 0 Å². The van der Waals surface area contributed by atoms with Gasteiger partial charge in [-0.1, -0.05) is 11.6 Å². The smallest absolute Gasteiger partial charge is 0.233 e. The first kappa shape index (κ1) is 13.8. The molecule has 0 aliphatic carbocycles. The van der Waals surface area contributed by atoms with E-state index in [2.05, 4.69) is 15.3 Å². The molecule has 2 aromatic rings. The third kappa shape index (κ3) is 3.13. The summed E-state index contributed by atoms with van der Waals surface area (Å²) in [4.78, 5) is 20.5. The second kappa shape index (κ2) is 5.69. The number of hydrogen-bond acceptors (Lipinski definition) is 4. The van der Waals surface area contributed by atoms with E-state index in [0.717, 1.165) is 17.0 Å². The number of benzene rings is 1. The van der Waals surface area contributed by atoms with Crippen molar-refractivity contribution in [2.45, 2.75) is 13.3 Å². The molecule has 0 fully saturated rings. The quantitative estimate of drug-likeness (QED) is 0.926. The third-order valence-corrected chi connectivity index (χ3v) is 3.56. The molecule has 0 spiro atoms. The van der Waals surface area contributed by atoms with E-state index in [1.807, 2.05) is 19.1 Å². The number of fused-ring (bicyclic) bond motifs is 1. The number of aromatic nitrogens is 2. The summed E-state index contributed by atoms with van der Waals surface area (Å²) in [6.07, 6.45) is 2.21. The number of nitrogens with one attached hydrogen (secondary N) is 1. The Morgan fingerprint density at radius 3 is 3.10 bits per heavy atom. The summed E-state index contributed by atoms with van der Waals surface area (Å²) in [5, 5.41) is 3.36. The van der Waals surface area contributed by atoms with Gasteiger partial charge in [0.15, 0.2) is 0 Å². The van der Waals surface area contributed by atoms with Gasteiger partial charge in [-0.15, -0.1) is 0 Å². The number of nitrogens with zero attached hydrogens (tertiary/aromatic N) is 2. The average molecular weight is 304 g/mol. The van der Waals surface area contributed by atoms with E-state index in [0.29, 0.717) is 24.0 Å². The molecule has 21 heavy (non-hydrogen) atoms. The van der Waals surface area contributed by atoms with Crippen molar-refractivity contribution in [3.8, 4) is 5.75 Å². The van der Waals surface area contributed by atoms with Crippen LogP contribution in [0.3, 0.4) is 0 Å². The van der Waals surface area contributed by atoms with Gasteiger partial charge in [0.2, 0.25) is 11.9 Å². The summed E-state index contributed by atoms with van der Waals surface area (Å²) in [7, 11) is 0. The number of amides is 1. The number of halogens is 1. The molecule has 0 radical (unpaired) electrons. The van der Waals surface area contributed by atoms with Gasteiger partial charge < -0.3 is 4.74 Å². The molecule has 1 atom stereocenters. The van der Waals surface area contributed by atoms with Crippen LogP contribution in [0.2, 0.25) is 5.02 Å². The fourth-order valence-electron chi connectivity index (χ4n) is 2.25. The minimum absolute atomic E-state index is 0.147. The zero-order valence-corrected chi connectivity index (χ0v) is 12.2. The first-order valence-electron chi connectivity index (χ1n) is 6.63. The lowest BCUT2D eigenvalue weighted by atomic mass is 9.96. The van der Waals surface area contributed by atoms with E-state index in [1.54, 1.807) is 18.3 Å². The van der Waals surface area contributed by atoms with Crippen LogP contribution in [0.5, 0.6) is 5.75 Å². The molecule has 1 N–H and O–H groups in total. The largest absolute Gasteiger partial charge is 0.492 e. The number of aryl methyl sites for hydroxylation is 1. The van der Waals surface area contributed by atoms with Gasteiger partial charge in [-0.05, 0) is 43.2 Å². The molecule has 1 aliphatic rings. The maximum atomic E-state index is 12.3. The molecular weight excluding hydrogens is 290 g/mol. The number of anilines is 1. The Bertz CT molecular complexity index is 690. The van der Waals surface area contributed by atoms with Crippen molar-refractivity contribution in [3.63, 3.8) is 0 Å². The molecule has 1 aromatic heterocycles. The first-order valence-corrected chi connectivity index (χ1v) is 7.01. The summed E-state index contributed by atoms with van der Waals surface area (Å²) >= 11 is 5.98. The van der Waals surface area contributed by atoms with Gasteiger partial charge in [0.1, 0.15) is 12.4 Å². The summed E-state index contributed by atoms with van der Waals surface area (Å²) in [5.74, 6) is 0.679. The van der Waals surface area contributed by atoms with Crippen LogP contribution in [0.15, 0.2) is 30.5 Å². The van der Waals surface area contributed by atoms with E-state index < -0.39 is 0 Å². The van der Waals surface area contributed by atoms with Gasteiger partial charge in [-0.2, -0.15) is 0 Å². The van der Waals surface area contributed by atoms with Crippen molar-refractivity contribution in [2.24, 2.45) is 5.92 Å². The van der Waals surface area contributed by atoms with Crippen LogP contribution in [-0.4, -0.2) is 22.5 Å². The zero-order chi connectivity index (χ0) is 14.8. The van der Waals surface area contributed by atoms with E-state index in [-0.39, 0.29) is 11.8 Å². The topological polar surface area (TPSA) is 64.1 Å². The SMILES string of the molecule is Cc1ccnc(NC(=O)[C@H]2COc3ccc(Cl)cc3C2)n1. The highest BCUT2D eigenvalue weighted by molar-refractivity contribution is 6.30. The number of rotatable bonds is 2. The number of hydrogen-bond donors (Lipinski definition) is 1. The fourth-order valence-corrected chi connectivity index (χ4v) is 2.45. The van der Waals surface area contributed by atoms with Gasteiger partial charge >= 0.3 is 0 Å². The van der Waals surface area contributed by atoms with Crippen molar-refractivity contribution in [1.29, 1.82) is 0 Å². The van der Waals surface area contributed by atoms with Crippen LogP contribution >= 0.6 is 11.6 Å². The lowest BCUT2D eigenvalue weighted by Gasteiger charge is -2.24. The lowest BCUT2D eigenvalue weighted by molar-refractivity contribution is -0.121. The van der Waals surface area contributed by atoms with Crippen LogP contribution in [0.1, 0.15) is 11.3 Å². The standard InChI is InChI=1S/C15H14ClN3O2/c1-9-4-5-17-15(18-9)19-14(20)11-6-10-7-12(16)2-3-13(10)21-8-11/h2-5,7,11H,6,8H2,1H3,(H,17,18,19,20)/t11-/m1/s1. The Hall–Kier alpha value is -2.14. The summed E-state index contributed by atoms with van der Waals surface area (Å²) in [6, 6.07) is 7.22. The lowest BCUT2D eigenvalue weighted by Crippen LogP contribution is -2.33. The second-order valence-corrected chi connectivity index (χ2v) is 5.41. The van der Waals surface area contributed by atoms with Gasteiger partial charge in [0.05, 0.1) is 5.92 Å². The zero-order valence-electron chi connectivity index (χ0n) is 11.5. The monoisotopic (exact) mass is 303 g/mol. The molecule has 0 unspecified atom stereocenters. The molecule has 0 bridgehead atoms. The van der Waals surface area contributed by atoms with Crippen molar-refractivity contribution in [2.75, 3.05) is 11.9 Å². The molecule has 5 nitrogen and oxygen atoms in total. The maximum Gasteiger partial charge on any atom is 0.233 e. The highest BCUT2D eigenvalue weighted by atomic mass is 35.5. The Labute approximate surface area is 127 Å². The molecule has 3 rings (SSSR count). The molecule has 108 valence electrons. The van der Waals surface area contributed by atoms with Crippen molar-refractivity contribution in [3.05, 3.63) is 46.7 Å². The highest BCUT2D eigenvalue weighted by Crippen LogP contribution is 2.30. The maximum absolute atomic E-state index is 12.3. The molecule has 1 aromatic carbocycles. The molecule has 1 amide bonds. The van der Waals surface area contributed by atoms with Gasteiger partial charge in [-0.3, -0.25) is 10.1 Å². The number of carbonyl (C=O) groups excluding carboxylic acids is 1. The summed E-state index contributed by atoms with van der Waals surface area (Å²) in [5.41, 5.74) is 1.75. The molecule has 2 heterocycles. The summed E-state index contributed by atoms with van der Waals surface area (Å²) in [6.45, 7) is 2.19. The van der Waals surface area contributed by atoms with Gasteiger partial charge in [0, 0.05) is 16.9 Å². The van der Waals surface area contributed by atoms with Crippen LogP contribution in [0.4, 0.5) is 5.95 Å². The van der Waals surface area contributed by atoms with E-state index in [9.17, 15) is 4.79 Å². The molecule has 0 saturated carbocycles. The van der Waals surface area contributed by atoms with Gasteiger partial charge in [-0.25, -0.2) is 9.97 Å². The van der Waals surface area contributed by atoms with Crippen molar-refractivity contribution in [1.82, 2.24) is 9.97 Å². The molecule has 0 saturated heterocycles. The summed E-state index contributed by atoms with van der Waals surface area (Å²) < 4.78 is 5.61. The molecular formula is C15H14ClN3O2. The normalized spacial score (nSPS) is 16.8. The van der Waals surface area contributed by atoms with E-state index in [4.69, 9.17) is 16.3 Å². The molecule has 1 aliphatic heterocycles. The van der Waals surface area contributed by atoms with E-state index >= 15 is 0 Å². The highest BCUT2D eigenvalue weighted by Gasteiger charge is 2.26. The Morgan fingerprint density at radius 2 is 2.29 bits per heavy atom. The second-order valence-electron chi connectivity index (χ2n) is 4.97. The average Bonchev–Trinajstić information content (AvgIpc) is 2.46. The Balaban J connectivity index is 1.72. The van der Waals surface area contributed by atoms with E-state index in [1.165, 1.54) is 0 Å². The van der Waals surface area contributed by atoms with Crippen LogP contribution in [-0.2, 0) is 11.2 Å². The van der Waals surface area contributed by atoms with Crippen LogP contribution in [0, 0.1) is 12.8 Å². The minimum atomic E-state index is -0.278. The van der Waals surface area contributed by atoms with Gasteiger partial charge in [0.25, 0.3) is 0 Å². The number of carbonyl (C=O) groups is 1. The van der Waals surface area contributed by atoms with Crippen molar-refractivity contribution >= 4 is 23.5 Å². The fraction of sp³-hybridized carbons (Fsp3) is 0.267. The predicted octanol–water partition coefficient (Wildman–Crippen LogP) is 2.63. The minimum Gasteiger partial charge on any atom is -0.492 e. The third-order valence-electron chi connectivity index (χ3n) is 3.33.